The van der Waals surface area contributed by atoms with Crippen molar-refractivity contribution in [3.8, 4) is 5.75 Å². The molecule has 98 valence electrons. The number of carbonyl (C=O) groups is 1. The van der Waals surface area contributed by atoms with E-state index in [1.165, 1.54) is 23.1 Å². The molecule has 19 heavy (non-hydrogen) atoms. The minimum absolute atomic E-state index is 0.0932. The van der Waals surface area contributed by atoms with Gasteiger partial charge in [-0.3, -0.25) is 4.79 Å². The fraction of sp³-hybridized carbons (Fsp3) is 0.308. The van der Waals surface area contributed by atoms with Crippen molar-refractivity contribution in [1.29, 1.82) is 0 Å². The van der Waals surface area contributed by atoms with Crippen molar-refractivity contribution in [3.05, 3.63) is 23.2 Å². The topological polar surface area (TPSA) is 51.6 Å². The van der Waals surface area contributed by atoms with Gasteiger partial charge in [-0.15, -0.1) is 11.3 Å². The van der Waals surface area contributed by atoms with E-state index in [4.69, 9.17) is 4.74 Å². The van der Waals surface area contributed by atoms with Gasteiger partial charge in [0, 0.05) is 0 Å². The first-order chi connectivity index (χ1) is 8.99. The lowest BCUT2D eigenvalue weighted by Crippen LogP contribution is -2.21. The van der Waals surface area contributed by atoms with Crippen LogP contribution >= 0.6 is 23.1 Å². The molecule has 2 aromatic rings. The summed E-state index contributed by atoms with van der Waals surface area (Å²) in [5, 5.41) is 1.52. The third-order valence-electron chi connectivity index (χ3n) is 2.85. The lowest BCUT2D eigenvalue weighted by atomic mass is 10.2. The largest absolute Gasteiger partial charge is 0.497 e. The summed E-state index contributed by atoms with van der Waals surface area (Å²) in [5.41, 5.74) is 0.904. The van der Waals surface area contributed by atoms with Crippen LogP contribution in [0.25, 0.3) is 10.2 Å². The number of ether oxygens (including phenoxy) is 1. The number of thioether (sulfide) groups is 1. The van der Waals surface area contributed by atoms with Gasteiger partial charge in [0.25, 0.3) is 5.91 Å². The predicted molar refractivity (Wildman–Crippen MR) is 79.4 cm³/mol. The molecule has 1 aliphatic heterocycles. The number of aromatic nitrogens is 1. The van der Waals surface area contributed by atoms with Crippen molar-refractivity contribution in [3.63, 3.8) is 0 Å². The highest BCUT2D eigenvalue weighted by Gasteiger charge is 2.37. The summed E-state index contributed by atoms with van der Waals surface area (Å²) in [6.07, 6.45) is 0. The Morgan fingerprint density at radius 3 is 2.74 bits per heavy atom. The maximum Gasteiger partial charge on any atom is 0.262 e. The summed E-state index contributed by atoms with van der Waals surface area (Å²) in [4.78, 5) is 20.4. The van der Waals surface area contributed by atoms with Gasteiger partial charge in [-0.05, 0) is 32.0 Å². The van der Waals surface area contributed by atoms with E-state index < -0.39 is 4.75 Å². The van der Waals surface area contributed by atoms with Gasteiger partial charge in [0.2, 0.25) is 0 Å². The van der Waals surface area contributed by atoms with Crippen LogP contribution in [0.4, 0.5) is 0 Å². The molecule has 0 bridgehead atoms. The quantitative estimate of drug-likeness (QED) is 0.853. The molecule has 0 radical (unpaired) electrons. The molecule has 1 amide bonds. The number of fused-ring (bicyclic) bond motifs is 1. The van der Waals surface area contributed by atoms with Crippen molar-refractivity contribution in [2.75, 3.05) is 7.11 Å². The molecular weight excluding hydrogens is 280 g/mol. The molecule has 0 fully saturated rings. The number of thiazole rings is 1. The van der Waals surface area contributed by atoms with Crippen molar-refractivity contribution < 1.29 is 9.53 Å². The molecular formula is C13H12N2O2S2. The highest BCUT2D eigenvalue weighted by Crippen LogP contribution is 2.38. The zero-order valence-corrected chi connectivity index (χ0v) is 12.4. The Bertz CT molecular complexity index is 704. The van der Waals surface area contributed by atoms with Gasteiger partial charge in [-0.2, -0.15) is 0 Å². The smallest absolute Gasteiger partial charge is 0.262 e. The number of carbonyl (C=O) groups excluding carboxylic acids is 1. The summed E-state index contributed by atoms with van der Waals surface area (Å²) >= 11 is 3.00. The van der Waals surface area contributed by atoms with Gasteiger partial charge in [-0.25, -0.2) is 9.98 Å². The monoisotopic (exact) mass is 292 g/mol. The zero-order chi connectivity index (χ0) is 13.6. The van der Waals surface area contributed by atoms with E-state index >= 15 is 0 Å². The van der Waals surface area contributed by atoms with Gasteiger partial charge in [0.05, 0.1) is 22.1 Å². The number of benzene rings is 1. The Kier molecular flexibility index (Phi) is 2.87. The Morgan fingerprint density at radius 1 is 1.32 bits per heavy atom. The third kappa shape index (κ3) is 2.15. The normalized spacial score (nSPS) is 17.8. The van der Waals surface area contributed by atoms with Crippen LogP contribution < -0.4 is 4.74 Å². The summed E-state index contributed by atoms with van der Waals surface area (Å²) < 4.78 is 5.75. The van der Waals surface area contributed by atoms with E-state index in [0.717, 1.165) is 26.0 Å². The van der Waals surface area contributed by atoms with Crippen LogP contribution in [0.5, 0.6) is 5.75 Å². The molecule has 0 saturated heterocycles. The molecule has 2 heterocycles. The molecule has 3 rings (SSSR count). The first kappa shape index (κ1) is 12.6. The number of amides is 1. The fourth-order valence-corrected chi connectivity index (χ4v) is 3.76. The minimum Gasteiger partial charge on any atom is -0.497 e. The summed E-state index contributed by atoms with van der Waals surface area (Å²) in [6, 6.07) is 5.75. The van der Waals surface area contributed by atoms with Crippen LogP contribution in [0.15, 0.2) is 23.2 Å². The summed E-state index contributed by atoms with van der Waals surface area (Å²) in [6.45, 7) is 3.76. The molecule has 6 heteroatoms. The number of hydrogen-bond donors (Lipinski definition) is 0. The van der Waals surface area contributed by atoms with Crippen molar-refractivity contribution in [1.82, 2.24) is 4.98 Å². The highest BCUT2D eigenvalue weighted by molar-refractivity contribution is 8.16. The number of nitrogens with zero attached hydrogens (tertiary/aromatic N) is 2. The second kappa shape index (κ2) is 4.31. The van der Waals surface area contributed by atoms with Crippen molar-refractivity contribution in [2.24, 2.45) is 4.99 Å². The first-order valence-corrected chi connectivity index (χ1v) is 7.40. The molecule has 0 N–H and O–H groups in total. The summed E-state index contributed by atoms with van der Waals surface area (Å²) in [5.74, 6) is 0.712. The van der Waals surface area contributed by atoms with E-state index in [2.05, 4.69) is 9.98 Å². The van der Waals surface area contributed by atoms with Crippen LogP contribution in [0.2, 0.25) is 0 Å². The Balaban J connectivity index is 2.03. The zero-order valence-electron chi connectivity index (χ0n) is 10.8. The number of aliphatic imine (C=N–C) groups is 1. The molecule has 0 unspecified atom stereocenters. The van der Waals surface area contributed by atoms with Crippen molar-refractivity contribution in [2.45, 2.75) is 18.6 Å². The highest BCUT2D eigenvalue weighted by atomic mass is 32.2. The van der Waals surface area contributed by atoms with E-state index in [1.807, 2.05) is 32.0 Å². The van der Waals surface area contributed by atoms with Crippen LogP contribution in [0, 0.1) is 0 Å². The first-order valence-electron chi connectivity index (χ1n) is 5.77. The Labute approximate surface area is 118 Å². The molecule has 0 aliphatic carbocycles. The number of rotatable bonds is 2. The fourth-order valence-electron chi connectivity index (χ4n) is 1.75. The van der Waals surface area contributed by atoms with E-state index in [1.54, 1.807) is 7.11 Å². The van der Waals surface area contributed by atoms with Crippen LogP contribution in [0.1, 0.15) is 18.9 Å². The van der Waals surface area contributed by atoms with E-state index in [0.29, 0.717) is 0 Å². The number of methoxy groups -OCH3 is 1. The second-order valence-electron chi connectivity index (χ2n) is 4.69. The van der Waals surface area contributed by atoms with Gasteiger partial charge in [-0.1, -0.05) is 11.8 Å². The van der Waals surface area contributed by atoms with E-state index in [-0.39, 0.29) is 5.91 Å². The van der Waals surface area contributed by atoms with Crippen LogP contribution in [-0.4, -0.2) is 27.8 Å². The SMILES string of the molecule is COc1ccc2nc(C3=NC(=O)C(C)(C)S3)sc2c1. The third-order valence-corrected chi connectivity index (χ3v) is 5.17. The molecule has 0 spiro atoms. The van der Waals surface area contributed by atoms with Crippen LogP contribution in [0.3, 0.4) is 0 Å². The average Bonchev–Trinajstić information content (AvgIpc) is 2.90. The molecule has 0 saturated carbocycles. The molecule has 4 nitrogen and oxygen atoms in total. The lowest BCUT2D eigenvalue weighted by molar-refractivity contribution is -0.119. The standard InChI is InChI=1S/C13H12N2O2S2/c1-13(2)12(16)15-11(19-13)10-14-8-5-4-7(17-3)6-9(8)18-10/h4-6H,1-3H3. The van der Waals surface area contributed by atoms with Gasteiger partial charge < -0.3 is 4.74 Å². The molecule has 0 atom stereocenters. The molecule has 1 aliphatic rings. The average molecular weight is 292 g/mol. The Morgan fingerprint density at radius 2 is 2.11 bits per heavy atom. The molecule has 1 aromatic heterocycles. The maximum atomic E-state index is 11.7. The van der Waals surface area contributed by atoms with E-state index in [9.17, 15) is 4.79 Å². The van der Waals surface area contributed by atoms with Gasteiger partial charge in [0.15, 0.2) is 0 Å². The summed E-state index contributed by atoms with van der Waals surface area (Å²) in [7, 11) is 1.64. The van der Waals surface area contributed by atoms with Gasteiger partial charge in [0.1, 0.15) is 15.8 Å². The Hall–Kier alpha value is -1.40. The molecule has 1 aromatic carbocycles. The van der Waals surface area contributed by atoms with Gasteiger partial charge >= 0.3 is 0 Å². The maximum absolute atomic E-state index is 11.7. The minimum atomic E-state index is -0.481. The predicted octanol–water partition coefficient (Wildman–Crippen LogP) is 3.10. The lowest BCUT2D eigenvalue weighted by Gasteiger charge is -2.10. The van der Waals surface area contributed by atoms with Crippen LogP contribution in [-0.2, 0) is 4.79 Å². The van der Waals surface area contributed by atoms with Crippen molar-refractivity contribution >= 4 is 44.3 Å². The second-order valence-corrected chi connectivity index (χ2v) is 7.33. The number of hydrogen-bond acceptors (Lipinski definition) is 5.